The highest BCUT2D eigenvalue weighted by molar-refractivity contribution is 6.35. The standard InChI is InChI=1S/C28H26FN3O2/c29-24-14-8-7-13-23(24)20-32-27(33)25(22-11-5-2-6-12-22)26(28(32)34)31-17-15-30(16-18-31)19-21-9-3-1-4-10-21/h1-14H,15-20H2. The van der Waals surface area contributed by atoms with E-state index in [-0.39, 0.29) is 18.4 Å². The first-order valence-corrected chi connectivity index (χ1v) is 11.5. The van der Waals surface area contributed by atoms with Crippen LogP contribution < -0.4 is 0 Å². The van der Waals surface area contributed by atoms with Crippen LogP contribution in [0.3, 0.4) is 0 Å². The van der Waals surface area contributed by atoms with Crippen molar-refractivity contribution < 1.29 is 14.0 Å². The fourth-order valence-electron chi connectivity index (χ4n) is 4.63. The molecule has 0 N–H and O–H groups in total. The molecule has 6 heteroatoms. The highest BCUT2D eigenvalue weighted by atomic mass is 19.1. The Morgan fingerprint density at radius 1 is 0.676 bits per heavy atom. The molecule has 2 aliphatic heterocycles. The Kier molecular flexibility index (Phi) is 6.23. The van der Waals surface area contributed by atoms with Gasteiger partial charge >= 0.3 is 0 Å². The molecule has 3 aromatic rings. The van der Waals surface area contributed by atoms with Gasteiger partial charge in [0.2, 0.25) is 0 Å². The van der Waals surface area contributed by atoms with E-state index in [2.05, 4.69) is 17.0 Å². The van der Waals surface area contributed by atoms with Crippen LogP contribution in [0.25, 0.3) is 5.57 Å². The lowest BCUT2D eigenvalue weighted by molar-refractivity contribution is -0.138. The smallest absolute Gasteiger partial charge is 0.278 e. The Hall–Kier alpha value is -3.77. The van der Waals surface area contributed by atoms with Crippen molar-refractivity contribution in [3.63, 3.8) is 0 Å². The molecule has 2 aliphatic rings. The van der Waals surface area contributed by atoms with E-state index < -0.39 is 5.82 Å². The van der Waals surface area contributed by atoms with Gasteiger partial charge in [-0.15, -0.1) is 0 Å². The van der Waals surface area contributed by atoms with Gasteiger partial charge in [0.25, 0.3) is 11.8 Å². The van der Waals surface area contributed by atoms with Gasteiger partial charge in [0.1, 0.15) is 11.5 Å². The number of rotatable bonds is 6. The summed E-state index contributed by atoms with van der Waals surface area (Å²) in [5.74, 6) is -1.16. The Balaban J connectivity index is 1.40. The van der Waals surface area contributed by atoms with Gasteiger partial charge in [-0.1, -0.05) is 78.9 Å². The van der Waals surface area contributed by atoms with Gasteiger partial charge in [-0.3, -0.25) is 19.4 Å². The van der Waals surface area contributed by atoms with Gasteiger partial charge < -0.3 is 4.90 Å². The summed E-state index contributed by atoms with van der Waals surface area (Å²) in [7, 11) is 0. The molecule has 0 aliphatic carbocycles. The predicted molar refractivity (Wildman–Crippen MR) is 129 cm³/mol. The molecule has 5 rings (SSSR count). The largest absolute Gasteiger partial charge is 0.364 e. The maximum atomic E-state index is 14.3. The highest BCUT2D eigenvalue weighted by Crippen LogP contribution is 2.33. The first-order valence-electron chi connectivity index (χ1n) is 11.5. The Morgan fingerprint density at radius 3 is 1.97 bits per heavy atom. The minimum absolute atomic E-state index is 0.0852. The van der Waals surface area contributed by atoms with Gasteiger partial charge in [0.05, 0.1) is 12.1 Å². The van der Waals surface area contributed by atoms with Gasteiger partial charge in [0.15, 0.2) is 0 Å². The van der Waals surface area contributed by atoms with Crippen molar-refractivity contribution in [2.75, 3.05) is 26.2 Å². The average Bonchev–Trinajstić information content (AvgIpc) is 3.12. The SMILES string of the molecule is O=C1C(c2ccccc2)=C(N2CCN(Cc3ccccc3)CC2)C(=O)N1Cc1ccccc1F. The number of hydrogen-bond donors (Lipinski definition) is 0. The molecule has 2 amide bonds. The maximum Gasteiger partial charge on any atom is 0.278 e. The molecule has 1 fully saturated rings. The number of piperazine rings is 1. The second-order valence-electron chi connectivity index (χ2n) is 8.63. The van der Waals surface area contributed by atoms with Crippen molar-refractivity contribution in [2.45, 2.75) is 13.1 Å². The van der Waals surface area contributed by atoms with E-state index in [9.17, 15) is 14.0 Å². The van der Waals surface area contributed by atoms with E-state index in [1.165, 1.54) is 16.5 Å². The van der Waals surface area contributed by atoms with Gasteiger partial charge in [-0.05, 0) is 17.2 Å². The Bertz CT molecular complexity index is 1220. The third kappa shape index (κ3) is 4.37. The lowest BCUT2D eigenvalue weighted by Gasteiger charge is -2.36. The second kappa shape index (κ2) is 9.61. The molecule has 5 nitrogen and oxygen atoms in total. The van der Waals surface area contributed by atoms with Crippen LogP contribution in [0.1, 0.15) is 16.7 Å². The third-order valence-electron chi connectivity index (χ3n) is 6.43. The summed E-state index contributed by atoms with van der Waals surface area (Å²) >= 11 is 0. The van der Waals surface area contributed by atoms with Crippen LogP contribution in [0.4, 0.5) is 4.39 Å². The lowest BCUT2D eigenvalue weighted by atomic mass is 10.0. The first kappa shape index (κ1) is 22.0. The summed E-state index contributed by atoms with van der Waals surface area (Å²) in [6.45, 7) is 3.63. The van der Waals surface area contributed by atoms with Crippen LogP contribution in [0.15, 0.2) is 90.6 Å². The molecule has 0 aromatic heterocycles. The van der Waals surface area contributed by atoms with Crippen molar-refractivity contribution in [1.82, 2.24) is 14.7 Å². The average molecular weight is 456 g/mol. The van der Waals surface area contributed by atoms with Crippen LogP contribution >= 0.6 is 0 Å². The van der Waals surface area contributed by atoms with Crippen molar-refractivity contribution >= 4 is 17.4 Å². The number of hydrogen-bond acceptors (Lipinski definition) is 4. The topological polar surface area (TPSA) is 43.9 Å². The van der Waals surface area contributed by atoms with Gasteiger partial charge in [-0.25, -0.2) is 4.39 Å². The number of nitrogens with zero attached hydrogens (tertiary/aromatic N) is 3. The number of amides is 2. The highest BCUT2D eigenvalue weighted by Gasteiger charge is 2.42. The van der Waals surface area contributed by atoms with Gasteiger partial charge in [-0.2, -0.15) is 0 Å². The zero-order valence-electron chi connectivity index (χ0n) is 18.9. The normalized spacial score (nSPS) is 17.1. The zero-order valence-corrected chi connectivity index (χ0v) is 18.9. The Labute approximate surface area is 198 Å². The molecule has 0 spiro atoms. The summed E-state index contributed by atoms with van der Waals surface area (Å²) in [6.07, 6.45) is 0. The number of benzene rings is 3. The Morgan fingerprint density at radius 2 is 1.29 bits per heavy atom. The van der Waals surface area contributed by atoms with Crippen molar-refractivity contribution in [3.05, 3.63) is 113 Å². The number of halogens is 1. The van der Waals surface area contributed by atoms with E-state index >= 15 is 0 Å². The summed E-state index contributed by atoms with van der Waals surface area (Å²) in [6, 6.07) is 25.9. The van der Waals surface area contributed by atoms with Crippen molar-refractivity contribution in [1.29, 1.82) is 0 Å². The third-order valence-corrected chi connectivity index (χ3v) is 6.43. The quantitative estimate of drug-likeness (QED) is 0.529. The van der Waals surface area contributed by atoms with Crippen LogP contribution in [0.5, 0.6) is 0 Å². The fourth-order valence-corrected chi connectivity index (χ4v) is 4.63. The molecule has 2 heterocycles. The van der Waals surface area contributed by atoms with E-state index in [4.69, 9.17) is 0 Å². The molecule has 0 atom stereocenters. The number of carbonyl (C=O) groups is 2. The minimum atomic E-state index is -0.424. The molecule has 0 bridgehead atoms. The summed E-state index contributed by atoms with van der Waals surface area (Å²) in [4.78, 5) is 32.6. The van der Waals surface area contributed by atoms with E-state index in [1.807, 2.05) is 53.4 Å². The molecular formula is C28H26FN3O2. The summed E-state index contributed by atoms with van der Waals surface area (Å²) in [5, 5.41) is 0. The summed E-state index contributed by atoms with van der Waals surface area (Å²) in [5.41, 5.74) is 3.11. The van der Waals surface area contributed by atoms with Crippen LogP contribution in [0, 0.1) is 5.82 Å². The van der Waals surface area contributed by atoms with E-state index in [1.54, 1.807) is 18.2 Å². The molecule has 0 radical (unpaired) electrons. The zero-order chi connectivity index (χ0) is 23.5. The molecule has 0 unspecified atom stereocenters. The molecular weight excluding hydrogens is 429 g/mol. The number of carbonyl (C=O) groups excluding carboxylic acids is 2. The summed E-state index contributed by atoms with van der Waals surface area (Å²) < 4.78 is 14.3. The van der Waals surface area contributed by atoms with Crippen LogP contribution in [-0.4, -0.2) is 52.7 Å². The van der Waals surface area contributed by atoms with Gasteiger partial charge in [0, 0.05) is 38.3 Å². The molecule has 0 saturated carbocycles. The minimum Gasteiger partial charge on any atom is -0.364 e. The van der Waals surface area contributed by atoms with Crippen molar-refractivity contribution in [3.8, 4) is 0 Å². The van der Waals surface area contributed by atoms with E-state index in [0.717, 1.165) is 19.6 Å². The van der Waals surface area contributed by atoms with Crippen LogP contribution in [-0.2, 0) is 22.7 Å². The molecule has 34 heavy (non-hydrogen) atoms. The monoisotopic (exact) mass is 455 g/mol. The fraction of sp³-hybridized carbons (Fsp3) is 0.214. The van der Waals surface area contributed by atoms with Crippen molar-refractivity contribution in [2.24, 2.45) is 0 Å². The predicted octanol–water partition coefficient (Wildman–Crippen LogP) is 3.92. The number of imide groups is 1. The maximum absolute atomic E-state index is 14.3. The molecule has 172 valence electrons. The van der Waals surface area contributed by atoms with E-state index in [0.29, 0.717) is 35.5 Å². The molecule has 1 saturated heterocycles. The first-order chi connectivity index (χ1) is 16.6. The second-order valence-corrected chi connectivity index (χ2v) is 8.63. The lowest BCUT2D eigenvalue weighted by Crippen LogP contribution is -2.47. The molecule has 3 aromatic carbocycles. The van der Waals surface area contributed by atoms with Crippen LogP contribution in [0.2, 0.25) is 0 Å².